The lowest BCUT2D eigenvalue weighted by Crippen LogP contribution is -1.88. The van der Waals surface area contributed by atoms with Crippen LogP contribution in [0.15, 0.2) is 29.8 Å². The van der Waals surface area contributed by atoms with Crippen LogP contribution in [-0.4, -0.2) is 11.3 Å². The zero-order valence-corrected chi connectivity index (χ0v) is 8.12. The van der Waals surface area contributed by atoms with E-state index >= 15 is 0 Å². The summed E-state index contributed by atoms with van der Waals surface area (Å²) in [5.41, 5.74) is 7.45. The Morgan fingerprint density at radius 3 is 2.79 bits per heavy atom. The van der Waals surface area contributed by atoms with E-state index in [-0.39, 0.29) is 0 Å². The van der Waals surface area contributed by atoms with Crippen molar-refractivity contribution in [3.63, 3.8) is 0 Å². The first-order valence-electron chi connectivity index (χ1n) is 4.05. The number of nitrogen functional groups attached to an aromatic ring is 1. The highest BCUT2D eigenvalue weighted by Crippen LogP contribution is 2.24. The van der Waals surface area contributed by atoms with Gasteiger partial charge in [0.1, 0.15) is 5.82 Å². The van der Waals surface area contributed by atoms with E-state index in [0.29, 0.717) is 5.82 Å². The number of rotatable bonds is 2. The van der Waals surface area contributed by atoms with E-state index < -0.39 is 0 Å². The number of thiophene rings is 1. The highest BCUT2D eigenvalue weighted by molar-refractivity contribution is 7.12. The fourth-order valence-electron chi connectivity index (χ4n) is 1.14. The van der Waals surface area contributed by atoms with Crippen LogP contribution in [0.2, 0.25) is 0 Å². The second-order valence-corrected chi connectivity index (χ2v) is 3.77. The second kappa shape index (κ2) is 3.59. The molecule has 3 nitrogen and oxygen atoms in total. The van der Waals surface area contributed by atoms with Gasteiger partial charge in [-0.1, -0.05) is 0 Å². The molecule has 2 heterocycles. The van der Waals surface area contributed by atoms with Crippen LogP contribution < -0.4 is 5.73 Å². The van der Waals surface area contributed by atoms with Crippen molar-refractivity contribution in [3.05, 3.63) is 34.7 Å². The predicted octanol–water partition coefficient (Wildman–Crippen LogP) is 2.20. The summed E-state index contributed by atoms with van der Waals surface area (Å²) in [6, 6.07) is 5.47. The van der Waals surface area contributed by atoms with Gasteiger partial charge in [0, 0.05) is 11.8 Å². The summed E-state index contributed by atoms with van der Waals surface area (Å²) in [6.45, 7) is 0. The summed E-state index contributed by atoms with van der Waals surface area (Å²) in [6.07, 6.45) is 2.55. The van der Waals surface area contributed by atoms with Gasteiger partial charge in [-0.25, -0.2) is 4.98 Å². The minimum Gasteiger partial charge on any atom is -0.384 e. The molecule has 0 saturated heterocycles. The van der Waals surface area contributed by atoms with E-state index in [4.69, 9.17) is 5.73 Å². The Morgan fingerprint density at radius 1 is 1.36 bits per heavy atom. The normalized spacial score (nSPS) is 10.0. The van der Waals surface area contributed by atoms with Gasteiger partial charge in [0.25, 0.3) is 0 Å². The lowest BCUT2D eigenvalue weighted by molar-refractivity contribution is 0.112. The molecule has 0 aliphatic rings. The van der Waals surface area contributed by atoms with E-state index in [1.54, 1.807) is 12.3 Å². The van der Waals surface area contributed by atoms with Gasteiger partial charge in [-0.15, -0.1) is 11.3 Å². The molecule has 2 rings (SSSR count). The van der Waals surface area contributed by atoms with E-state index in [0.717, 1.165) is 22.3 Å². The highest BCUT2D eigenvalue weighted by atomic mass is 32.1. The first kappa shape index (κ1) is 8.90. The van der Waals surface area contributed by atoms with Gasteiger partial charge < -0.3 is 5.73 Å². The van der Waals surface area contributed by atoms with Gasteiger partial charge in [0.2, 0.25) is 0 Å². The van der Waals surface area contributed by atoms with Crippen molar-refractivity contribution in [1.29, 1.82) is 0 Å². The lowest BCUT2D eigenvalue weighted by Gasteiger charge is -1.96. The molecule has 0 aliphatic carbocycles. The summed E-state index contributed by atoms with van der Waals surface area (Å²) in [5, 5.41) is 1.93. The Bertz CT molecular complexity index is 447. The fraction of sp³-hybridized carbons (Fsp3) is 0. The largest absolute Gasteiger partial charge is 0.384 e. The van der Waals surface area contributed by atoms with E-state index in [2.05, 4.69) is 4.98 Å². The first-order chi connectivity index (χ1) is 6.79. The Morgan fingerprint density at radius 2 is 2.21 bits per heavy atom. The molecule has 0 unspecified atom stereocenters. The number of carbonyl (C=O) groups is 1. The number of hydrogen-bond donors (Lipinski definition) is 1. The molecule has 0 atom stereocenters. The molecule has 0 aliphatic heterocycles. The van der Waals surface area contributed by atoms with Crippen molar-refractivity contribution in [2.45, 2.75) is 0 Å². The quantitative estimate of drug-likeness (QED) is 0.763. The number of carbonyl (C=O) groups excluding carboxylic acids is 1. The lowest BCUT2D eigenvalue weighted by atomic mass is 10.1. The number of nitrogens with zero attached hydrogens (tertiary/aromatic N) is 1. The molecule has 2 aromatic heterocycles. The molecule has 0 radical (unpaired) electrons. The van der Waals surface area contributed by atoms with Crippen LogP contribution in [0, 0.1) is 0 Å². The van der Waals surface area contributed by atoms with Gasteiger partial charge in [0.15, 0.2) is 6.29 Å². The molecule has 2 aromatic rings. The molecule has 14 heavy (non-hydrogen) atoms. The topological polar surface area (TPSA) is 56.0 Å². The maximum Gasteiger partial charge on any atom is 0.160 e. The second-order valence-electron chi connectivity index (χ2n) is 2.83. The number of pyridine rings is 1. The summed E-state index contributed by atoms with van der Waals surface area (Å²) in [5.74, 6) is 0.500. The Labute approximate surface area is 85.2 Å². The van der Waals surface area contributed by atoms with Crippen LogP contribution in [0.25, 0.3) is 11.1 Å². The SMILES string of the molecule is Nc1ccc(-c2csc(C=O)c2)cn1. The van der Waals surface area contributed by atoms with Crippen molar-refractivity contribution in [2.75, 3.05) is 5.73 Å². The van der Waals surface area contributed by atoms with Crippen molar-refractivity contribution in [3.8, 4) is 11.1 Å². The zero-order chi connectivity index (χ0) is 9.97. The van der Waals surface area contributed by atoms with Crippen LogP contribution in [0.3, 0.4) is 0 Å². The molecular formula is C10H8N2OS. The maximum absolute atomic E-state index is 10.5. The van der Waals surface area contributed by atoms with E-state index in [1.807, 2.05) is 17.5 Å². The predicted molar refractivity (Wildman–Crippen MR) is 57.3 cm³/mol. The van der Waals surface area contributed by atoms with E-state index in [1.165, 1.54) is 11.3 Å². The van der Waals surface area contributed by atoms with Crippen LogP contribution in [0.5, 0.6) is 0 Å². The number of nitrogens with two attached hydrogens (primary N) is 1. The molecule has 0 aromatic carbocycles. The van der Waals surface area contributed by atoms with Gasteiger partial charge in [-0.3, -0.25) is 4.79 Å². The Balaban J connectivity index is 2.39. The molecule has 0 amide bonds. The molecule has 0 spiro atoms. The third-order valence-corrected chi connectivity index (χ3v) is 2.71. The smallest absolute Gasteiger partial charge is 0.160 e. The average Bonchev–Trinajstić information content (AvgIpc) is 2.67. The molecule has 70 valence electrons. The standard InChI is InChI=1S/C10H8N2OS/c11-10-2-1-7(4-12-10)8-3-9(5-13)14-6-8/h1-6H,(H2,11,12). The molecular weight excluding hydrogens is 196 g/mol. The first-order valence-corrected chi connectivity index (χ1v) is 4.93. The van der Waals surface area contributed by atoms with Crippen LogP contribution in [-0.2, 0) is 0 Å². The molecule has 2 N–H and O–H groups in total. The Hall–Kier alpha value is -1.68. The summed E-state index contributed by atoms with van der Waals surface area (Å²) >= 11 is 1.42. The minimum atomic E-state index is 0.500. The van der Waals surface area contributed by atoms with Crippen molar-refractivity contribution < 1.29 is 4.79 Å². The van der Waals surface area contributed by atoms with E-state index in [9.17, 15) is 4.79 Å². The van der Waals surface area contributed by atoms with Gasteiger partial charge in [-0.2, -0.15) is 0 Å². The number of aromatic nitrogens is 1. The van der Waals surface area contributed by atoms with Crippen molar-refractivity contribution >= 4 is 23.4 Å². The number of aldehydes is 1. The minimum absolute atomic E-state index is 0.500. The van der Waals surface area contributed by atoms with Crippen molar-refractivity contribution in [2.24, 2.45) is 0 Å². The molecule has 0 saturated carbocycles. The Kier molecular flexibility index (Phi) is 2.28. The fourth-order valence-corrected chi connectivity index (χ4v) is 1.86. The highest BCUT2D eigenvalue weighted by Gasteiger charge is 2.01. The summed E-state index contributed by atoms with van der Waals surface area (Å²) < 4.78 is 0. The van der Waals surface area contributed by atoms with Crippen molar-refractivity contribution in [1.82, 2.24) is 4.98 Å². The molecule has 4 heteroatoms. The molecule has 0 fully saturated rings. The third-order valence-electron chi connectivity index (χ3n) is 1.86. The number of anilines is 1. The average molecular weight is 204 g/mol. The number of hydrogen-bond acceptors (Lipinski definition) is 4. The van der Waals surface area contributed by atoms with Crippen LogP contribution in [0.4, 0.5) is 5.82 Å². The zero-order valence-electron chi connectivity index (χ0n) is 7.31. The maximum atomic E-state index is 10.5. The van der Waals surface area contributed by atoms with Gasteiger partial charge in [-0.05, 0) is 29.1 Å². The van der Waals surface area contributed by atoms with Gasteiger partial charge >= 0.3 is 0 Å². The monoisotopic (exact) mass is 204 g/mol. The summed E-state index contributed by atoms with van der Waals surface area (Å²) in [4.78, 5) is 15.2. The van der Waals surface area contributed by atoms with Crippen LogP contribution >= 0.6 is 11.3 Å². The third kappa shape index (κ3) is 1.65. The summed E-state index contributed by atoms with van der Waals surface area (Å²) in [7, 11) is 0. The molecule has 0 bridgehead atoms. The van der Waals surface area contributed by atoms with Gasteiger partial charge in [0.05, 0.1) is 4.88 Å². The van der Waals surface area contributed by atoms with Crippen LogP contribution in [0.1, 0.15) is 9.67 Å².